The van der Waals surface area contributed by atoms with Gasteiger partial charge in [0.25, 0.3) is 0 Å². The molecule has 1 aromatic carbocycles. The number of halogens is 1. The maximum Gasteiger partial charge on any atom is 0.192 e. The smallest absolute Gasteiger partial charge is 0.192 e. The van der Waals surface area contributed by atoms with Crippen LogP contribution in [0.5, 0.6) is 0 Å². The maximum atomic E-state index is 12.2. The lowest BCUT2D eigenvalue weighted by Gasteiger charge is -2.10. The van der Waals surface area contributed by atoms with E-state index in [9.17, 15) is 4.79 Å². The molecule has 0 aliphatic heterocycles. The molecular weight excluding hydrogens is 220 g/mol. The fourth-order valence-corrected chi connectivity index (χ4v) is 1.91. The first-order valence-corrected chi connectivity index (χ1v) is 5.75. The van der Waals surface area contributed by atoms with Crippen molar-refractivity contribution in [3.05, 3.63) is 59.2 Å². The van der Waals surface area contributed by atoms with Gasteiger partial charge in [0.05, 0.1) is 5.38 Å². The van der Waals surface area contributed by atoms with Crippen molar-refractivity contribution in [2.75, 3.05) is 0 Å². The van der Waals surface area contributed by atoms with Crippen LogP contribution in [0.2, 0.25) is 0 Å². The SMILES string of the molecule is Cc1ccccc1C(=O)C1=CCC(Cl)C=C1. The minimum Gasteiger partial charge on any atom is -0.289 e. The van der Waals surface area contributed by atoms with Crippen molar-refractivity contribution in [2.45, 2.75) is 18.7 Å². The molecule has 0 spiro atoms. The summed E-state index contributed by atoms with van der Waals surface area (Å²) in [5, 5.41) is 0.0217. The summed E-state index contributed by atoms with van der Waals surface area (Å²) in [7, 11) is 0. The van der Waals surface area contributed by atoms with Crippen LogP contribution >= 0.6 is 11.6 Å². The zero-order chi connectivity index (χ0) is 11.5. The molecule has 16 heavy (non-hydrogen) atoms. The van der Waals surface area contributed by atoms with E-state index in [1.165, 1.54) is 0 Å². The van der Waals surface area contributed by atoms with Gasteiger partial charge in [0.2, 0.25) is 0 Å². The van der Waals surface area contributed by atoms with E-state index in [1.807, 2.05) is 49.4 Å². The lowest BCUT2D eigenvalue weighted by Crippen LogP contribution is -2.08. The van der Waals surface area contributed by atoms with E-state index in [0.29, 0.717) is 0 Å². The summed E-state index contributed by atoms with van der Waals surface area (Å²) in [6.07, 6.45) is 6.32. The van der Waals surface area contributed by atoms with Gasteiger partial charge in [0, 0.05) is 11.1 Å². The summed E-state index contributed by atoms with van der Waals surface area (Å²) in [5.41, 5.74) is 2.52. The third-order valence-corrected chi connectivity index (χ3v) is 3.02. The Balaban J connectivity index is 2.28. The Bertz CT molecular complexity index is 471. The number of benzene rings is 1. The van der Waals surface area contributed by atoms with E-state index >= 15 is 0 Å². The van der Waals surface area contributed by atoms with Crippen LogP contribution in [-0.4, -0.2) is 11.2 Å². The van der Waals surface area contributed by atoms with Crippen LogP contribution in [0.3, 0.4) is 0 Å². The highest BCUT2D eigenvalue weighted by Crippen LogP contribution is 2.20. The summed E-state index contributed by atoms with van der Waals surface area (Å²) in [4.78, 5) is 12.2. The maximum absolute atomic E-state index is 12.2. The van der Waals surface area contributed by atoms with Gasteiger partial charge >= 0.3 is 0 Å². The van der Waals surface area contributed by atoms with Crippen molar-refractivity contribution in [1.29, 1.82) is 0 Å². The Kier molecular flexibility index (Phi) is 3.25. The zero-order valence-electron chi connectivity index (χ0n) is 9.11. The number of allylic oxidation sites excluding steroid dienone is 4. The number of ketones is 1. The van der Waals surface area contributed by atoms with Crippen molar-refractivity contribution < 1.29 is 4.79 Å². The molecule has 0 aromatic heterocycles. The molecule has 2 heteroatoms. The molecule has 1 nitrogen and oxygen atoms in total. The normalized spacial score (nSPS) is 19.4. The molecule has 0 saturated carbocycles. The Labute approximate surface area is 100 Å². The van der Waals surface area contributed by atoms with Gasteiger partial charge < -0.3 is 0 Å². The fourth-order valence-electron chi connectivity index (χ4n) is 1.75. The average Bonchev–Trinajstić information content (AvgIpc) is 2.30. The number of hydrogen-bond donors (Lipinski definition) is 0. The van der Waals surface area contributed by atoms with Crippen LogP contribution in [0.15, 0.2) is 48.1 Å². The minimum absolute atomic E-state index is 0.0217. The average molecular weight is 233 g/mol. The number of rotatable bonds is 2. The lowest BCUT2D eigenvalue weighted by molar-refractivity contribution is 0.103. The quantitative estimate of drug-likeness (QED) is 0.562. The van der Waals surface area contributed by atoms with Crippen molar-refractivity contribution in [3.63, 3.8) is 0 Å². The van der Waals surface area contributed by atoms with E-state index in [0.717, 1.165) is 23.1 Å². The van der Waals surface area contributed by atoms with E-state index in [1.54, 1.807) is 0 Å². The number of aryl methyl sites for hydroxylation is 1. The van der Waals surface area contributed by atoms with Gasteiger partial charge in [-0.15, -0.1) is 11.6 Å². The largest absolute Gasteiger partial charge is 0.289 e. The van der Waals surface area contributed by atoms with E-state index in [2.05, 4.69) is 0 Å². The first-order valence-electron chi connectivity index (χ1n) is 5.31. The summed E-state index contributed by atoms with van der Waals surface area (Å²) < 4.78 is 0. The highest BCUT2D eigenvalue weighted by molar-refractivity contribution is 6.22. The monoisotopic (exact) mass is 232 g/mol. The summed E-state index contributed by atoms with van der Waals surface area (Å²) in [5.74, 6) is 0.0814. The third-order valence-electron chi connectivity index (χ3n) is 2.70. The third kappa shape index (κ3) is 2.25. The molecule has 0 saturated heterocycles. The fraction of sp³-hybridized carbons (Fsp3) is 0.214. The highest BCUT2D eigenvalue weighted by atomic mass is 35.5. The van der Waals surface area contributed by atoms with E-state index in [-0.39, 0.29) is 11.2 Å². The van der Waals surface area contributed by atoms with Crippen molar-refractivity contribution >= 4 is 17.4 Å². The highest BCUT2D eigenvalue weighted by Gasteiger charge is 2.14. The van der Waals surface area contributed by atoms with Crippen molar-refractivity contribution in [1.82, 2.24) is 0 Å². The molecule has 0 fully saturated rings. The number of carbonyl (C=O) groups is 1. The molecule has 1 aromatic rings. The van der Waals surface area contributed by atoms with Gasteiger partial charge in [0.15, 0.2) is 5.78 Å². The van der Waals surface area contributed by atoms with Crippen LogP contribution in [0.25, 0.3) is 0 Å². The molecule has 1 aliphatic carbocycles. The predicted molar refractivity (Wildman–Crippen MR) is 67.0 cm³/mol. The van der Waals surface area contributed by atoms with Crippen molar-refractivity contribution in [2.24, 2.45) is 0 Å². The molecule has 0 amide bonds. The molecule has 0 radical (unpaired) electrons. The van der Waals surface area contributed by atoms with Crippen LogP contribution in [0, 0.1) is 6.92 Å². The topological polar surface area (TPSA) is 17.1 Å². The summed E-state index contributed by atoms with van der Waals surface area (Å²) in [6.45, 7) is 1.95. The zero-order valence-corrected chi connectivity index (χ0v) is 9.87. The van der Waals surface area contributed by atoms with Gasteiger partial charge in [-0.1, -0.05) is 42.5 Å². The molecule has 0 heterocycles. The summed E-state index contributed by atoms with van der Waals surface area (Å²) in [6, 6.07) is 7.63. The Hall–Kier alpha value is -1.34. The standard InChI is InChI=1S/C14H13ClO/c1-10-4-2-3-5-13(10)14(16)11-6-8-12(15)9-7-11/h2-8,12H,9H2,1H3. The number of carbonyl (C=O) groups excluding carboxylic acids is 1. The van der Waals surface area contributed by atoms with Crippen LogP contribution in [0.4, 0.5) is 0 Å². The molecule has 82 valence electrons. The van der Waals surface area contributed by atoms with Crippen LogP contribution in [-0.2, 0) is 0 Å². The van der Waals surface area contributed by atoms with E-state index in [4.69, 9.17) is 11.6 Å². The molecular formula is C14H13ClO. The number of alkyl halides is 1. The predicted octanol–water partition coefficient (Wildman–Crippen LogP) is 3.67. The molecule has 0 bridgehead atoms. The molecule has 1 atom stereocenters. The van der Waals surface area contributed by atoms with Gasteiger partial charge in [-0.05, 0) is 18.9 Å². The van der Waals surface area contributed by atoms with Crippen molar-refractivity contribution in [3.8, 4) is 0 Å². The lowest BCUT2D eigenvalue weighted by atomic mass is 9.95. The number of Topliss-reactive ketones (excluding diaryl/α,β-unsaturated/α-hetero) is 1. The number of hydrogen-bond acceptors (Lipinski definition) is 1. The molecule has 2 rings (SSSR count). The van der Waals surface area contributed by atoms with Gasteiger partial charge in [-0.25, -0.2) is 0 Å². The second kappa shape index (κ2) is 4.67. The van der Waals surface area contributed by atoms with Crippen LogP contribution < -0.4 is 0 Å². The Morgan fingerprint density at radius 2 is 2.12 bits per heavy atom. The minimum atomic E-state index is 0.0217. The van der Waals surface area contributed by atoms with E-state index < -0.39 is 0 Å². The van der Waals surface area contributed by atoms with Gasteiger partial charge in [-0.3, -0.25) is 4.79 Å². The van der Waals surface area contributed by atoms with Gasteiger partial charge in [0.1, 0.15) is 0 Å². The molecule has 1 aliphatic rings. The Morgan fingerprint density at radius 3 is 2.75 bits per heavy atom. The van der Waals surface area contributed by atoms with Crippen LogP contribution in [0.1, 0.15) is 22.3 Å². The molecule has 1 unspecified atom stereocenters. The Morgan fingerprint density at radius 1 is 1.38 bits per heavy atom. The first kappa shape index (κ1) is 11.2. The second-order valence-corrected chi connectivity index (χ2v) is 4.47. The first-order chi connectivity index (χ1) is 7.68. The second-order valence-electron chi connectivity index (χ2n) is 3.91. The molecule has 0 N–H and O–H groups in total. The summed E-state index contributed by atoms with van der Waals surface area (Å²) >= 11 is 5.92. The van der Waals surface area contributed by atoms with Gasteiger partial charge in [-0.2, -0.15) is 0 Å².